The highest BCUT2D eigenvalue weighted by atomic mass is 16.5. The number of hydrogen-bond acceptors (Lipinski definition) is 2. The van der Waals surface area contributed by atoms with E-state index in [1.807, 2.05) is 0 Å². The zero-order chi connectivity index (χ0) is 11.7. The molecular weight excluding hydrogens is 210 g/mol. The Morgan fingerprint density at radius 1 is 1.29 bits per heavy atom. The highest BCUT2D eigenvalue weighted by Gasteiger charge is 2.38. The minimum atomic E-state index is 0.237. The Morgan fingerprint density at radius 2 is 2.12 bits per heavy atom. The van der Waals surface area contributed by atoms with Crippen LogP contribution >= 0.6 is 0 Å². The maximum atomic E-state index is 6.09. The summed E-state index contributed by atoms with van der Waals surface area (Å²) in [6, 6.07) is 8.66. The largest absolute Gasteiger partial charge is 0.370 e. The smallest absolute Gasteiger partial charge is 0.0950 e. The van der Waals surface area contributed by atoms with Crippen LogP contribution in [0.25, 0.3) is 0 Å². The van der Waals surface area contributed by atoms with Gasteiger partial charge in [0.25, 0.3) is 0 Å². The average Bonchev–Trinajstić information content (AvgIpc) is 2.79. The maximum Gasteiger partial charge on any atom is 0.0950 e. The fourth-order valence-electron chi connectivity index (χ4n) is 3.14. The van der Waals surface area contributed by atoms with Crippen LogP contribution in [-0.2, 0) is 4.74 Å². The molecule has 2 aliphatic rings. The normalized spacial score (nSPS) is 27.5. The van der Waals surface area contributed by atoms with E-state index < -0.39 is 0 Å². The van der Waals surface area contributed by atoms with Crippen molar-refractivity contribution in [3.63, 3.8) is 0 Å². The molecule has 17 heavy (non-hydrogen) atoms. The summed E-state index contributed by atoms with van der Waals surface area (Å²) >= 11 is 0. The van der Waals surface area contributed by atoms with Crippen molar-refractivity contribution in [1.82, 2.24) is 5.32 Å². The first-order valence-corrected chi connectivity index (χ1v) is 6.71. The van der Waals surface area contributed by atoms with Crippen LogP contribution < -0.4 is 5.32 Å². The van der Waals surface area contributed by atoms with Gasteiger partial charge >= 0.3 is 0 Å². The van der Waals surface area contributed by atoms with Gasteiger partial charge in [-0.1, -0.05) is 42.7 Å². The summed E-state index contributed by atoms with van der Waals surface area (Å²) < 4.78 is 6.09. The van der Waals surface area contributed by atoms with E-state index in [2.05, 4.69) is 36.5 Å². The molecule has 1 saturated heterocycles. The summed E-state index contributed by atoms with van der Waals surface area (Å²) in [5, 5.41) is 3.74. The molecule has 0 radical (unpaired) electrons. The van der Waals surface area contributed by atoms with Crippen molar-refractivity contribution in [1.29, 1.82) is 0 Å². The Morgan fingerprint density at radius 3 is 2.76 bits per heavy atom. The van der Waals surface area contributed by atoms with E-state index in [1.165, 1.54) is 36.8 Å². The Kier molecular flexibility index (Phi) is 2.93. The average molecular weight is 231 g/mol. The molecule has 1 N–H and O–H groups in total. The first-order valence-electron chi connectivity index (χ1n) is 6.71. The number of rotatable bonds is 1. The molecule has 1 atom stereocenters. The molecule has 1 aliphatic carbocycles. The summed E-state index contributed by atoms with van der Waals surface area (Å²) in [5.41, 5.74) is 2.93. The molecule has 2 nitrogen and oxygen atoms in total. The Hall–Kier alpha value is -0.860. The van der Waals surface area contributed by atoms with Crippen molar-refractivity contribution in [2.24, 2.45) is 0 Å². The van der Waals surface area contributed by atoms with Gasteiger partial charge in [0.1, 0.15) is 0 Å². The third kappa shape index (κ3) is 2.24. The second-order valence-electron chi connectivity index (χ2n) is 5.58. The number of hydrogen-bond donors (Lipinski definition) is 1. The highest BCUT2D eigenvalue weighted by molar-refractivity contribution is 5.25. The lowest BCUT2D eigenvalue weighted by molar-refractivity contribution is -0.0326. The predicted molar refractivity (Wildman–Crippen MR) is 69.1 cm³/mol. The van der Waals surface area contributed by atoms with Gasteiger partial charge in [-0.3, -0.25) is 0 Å². The number of benzene rings is 1. The van der Waals surface area contributed by atoms with Crippen molar-refractivity contribution in [3.05, 3.63) is 35.4 Å². The summed E-state index contributed by atoms with van der Waals surface area (Å²) in [4.78, 5) is 0. The number of morpholine rings is 1. The molecule has 3 rings (SSSR count). The third-order valence-electron chi connectivity index (χ3n) is 4.20. The van der Waals surface area contributed by atoms with Gasteiger partial charge in [-0.05, 0) is 25.3 Å². The first-order chi connectivity index (χ1) is 8.27. The molecule has 1 spiro atoms. The maximum absolute atomic E-state index is 6.09. The molecule has 1 unspecified atom stereocenters. The van der Waals surface area contributed by atoms with Gasteiger partial charge in [0, 0.05) is 12.1 Å². The molecule has 1 aliphatic heterocycles. The minimum absolute atomic E-state index is 0.237. The van der Waals surface area contributed by atoms with Crippen LogP contribution in [0.15, 0.2) is 24.3 Å². The standard InChI is InChI=1S/C15H21NO/c1-12-5-4-6-13(9-12)14-10-16-15(11-17-14)7-2-3-8-15/h4-6,9,14,16H,2-3,7-8,10-11H2,1H3. The molecular formula is C15H21NO. The van der Waals surface area contributed by atoms with E-state index in [1.54, 1.807) is 0 Å². The van der Waals surface area contributed by atoms with E-state index in [9.17, 15) is 0 Å². The quantitative estimate of drug-likeness (QED) is 0.802. The zero-order valence-electron chi connectivity index (χ0n) is 10.5. The summed E-state index contributed by atoms with van der Waals surface area (Å²) in [7, 11) is 0. The molecule has 1 heterocycles. The van der Waals surface area contributed by atoms with Crippen LogP contribution in [0, 0.1) is 6.92 Å². The lowest BCUT2D eigenvalue weighted by atomic mass is 9.95. The lowest BCUT2D eigenvalue weighted by Crippen LogP contribution is -2.53. The first kappa shape index (κ1) is 11.2. The van der Waals surface area contributed by atoms with Gasteiger partial charge in [0.15, 0.2) is 0 Å². The van der Waals surface area contributed by atoms with Gasteiger partial charge in [0.2, 0.25) is 0 Å². The summed E-state index contributed by atoms with van der Waals surface area (Å²) in [6.45, 7) is 3.98. The molecule has 2 fully saturated rings. The van der Waals surface area contributed by atoms with Gasteiger partial charge in [0.05, 0.1) is 12.7 Å². The van der Waals surface area contributed by atoms with Crippen LogP contribution in [0.4, 0.5) is 0 Å². The molecule has 0 amide bonds. The van der Waals surface area contributed by atoms with Crippen molar-refractivity contribution >= 4 is 0 Å². The summed E-state index contributed by atoms with van der Waals surface area (Å²) in [6.07, 6.45) is 5.51. The molecule has 2 heteroatoms. The Labute approximate surface area is 103 Å². The summed E-state index contributed by atoms with van der Waals surface area (Å²) in [5.74, 6) is 0. The molecule has 1 aromatic rings. The van der Waals surface area contributed by atoms with Crippen LogP contribution in [0.5, 0.6) is 0 Å². The van der Waals surface area contributed by atoms with Crippen LogP contribution in [0.3, 0.4) is 0 Å². The number of ether oxygens (including phenoxy) is 1. The van der Waals surface area contributed by atoms with E-state index in [0.717, 1.165) is 13.2 Å². The van der Waals surface area contributed by atoms with Gasteiger partial charge in [-0.25, -0.2) is 0 Å². The Bertz CT molecular complexity index is 386. The fraction of sp³-hybridized carbons (Fsp3) is 0.600. The molecule has 1 aromatic carbocycles. The van der Waals surface area contributed by atoms with Crippen molar-refractivity contribution in [3.8, 4) is 0 Å². The van der Waals surface area contributed by atoms with E-state index in [4.69, 9.17) is 4.74 Å². The lowest BCUT2D eigenvalue weighted by Gasteiger charge is -2.38. The third-order valence-corrected chi connectivity index (χ3v) is 4.20. The topological polar surface area (TPSA) is 21.3 Å². The van der Waals surface area contributed by atoms with Crippen LogP contribution in [0.1, 0.15) is 42.9 Å². The van der Waals surface area contributed by atoms with E-state index >= 15 is 0 Å². The Balaban J connectivity index is 1.68. The number of aryl methyl sites for hydroxylation is 1. The molecule has 0 aromatic heterocycles. The zero-order valence-corrected chi connectivity index (χ0v) is 10.5. The van der Waals surface area contributed by atoms with Gasteiger partial charge < -0.3 is 10.1 Å². The van der Waals surface area contributed by atoms with Crippen molar-refractivity contribution < 1.29 is 4.74 Å². The van der Waals surface area contributed by atoms with Gasteiger partial charge in [-0.15, -0.1) is 0 Å². The van der Waals surface area contributed by atoms with Crippen molar-refractivity contribution in [2.45, 2.75) is 44.2 Å². The fourth-order valence-corrected chi connectivity index (χ4v) is 3.14. The van der Waals surface area contributed by atoms with E-state index in [-0.39, 0.29) is 6.10 Å². The van der Waals surface area contributed by atoms with Gasteiger partial charge in [-0.2, -0.15) is 0 Å². The van der Waals surface area contributed by atoms with Crippen LogP contribution in [0.2, 0.25) is 0 Å². The SMILES string of the molecule is Cc1cccc(C2CNC3(CCCC3)CO2)c1. The second kappa shape index (κ2) is 4.43. The predicted octanol–water partition coefficient (Wildman–Crippen LogP) is 2.97. The monoisotopic (exact) mass is 231 g/mol. The highest BCUT2D eigenvalue weighted by Crippen LogP contribution is 2.35. The van der Waals surface area contributed by atoms with E-state index in [0.29, 0.717) is 5.54 Å². The molecule has 0 bridgehead atoms. The number of nitrogens with one attached hydrogen (secondary N) is 1. The van der Waals surface area contributed by atoms with Crippen LogP contribution in [-0.4, -0.2) is 18.7 Å². The minimum Gasteiger partial charge on any atom is -0.370 e. The van der Waals surface area contributed by atoms with Crippen molar-refractivity contribution in [2.75, 3.05) is 13.2 Å². The second-order valence-corrected chi connectivity index (χ2v) is 5.58. The molecule has 92 valence electrons. The molecule has 1 saturated carbocycles.